The number of rotatable bonds is 5. The molecular formula is C15H17NO3. The van der Waals surface area contributed by atoms with E-state index < -0.39 is 5.97 Å². The molecule has 100 valence electrons. The Hall–Kier alpha value is -2.23. The predicted octanol–water partition coefficient (Wildman–Crippen LogP) is 3.71. The van der Waals surface area contributed by atoms with Crippen LogP contribution in [0.4, 0.5) is 5.69 Å². The van der Waals surface area contributed by atoms with Crippen molar-refractivity contribution in [2.45, 2.75) is 26.3 Å². The van der Waals surface area contributed by atoms with Gasteiger partial charge in [-0.2, -0.15) is 0 Å². The van der Waals surface area contributed by atoms with Crippen molar-refractivity contribution in [3.05, 3.63) is 53.5 Å². The molecule has 0 aliphatic carbocycles. The summed E-state index contributed by atoms with van der Waals surface area (Å²) in [5.41, 5.74) is 2.88. The summed E-state index contributed by atoms with van der Waals surface area (Å²) in [6.07, 6.45) is 1.39. The molecule has 2 N–H and O–H groups in total. The van der Waals surface area contributed by atoms with Gasteiger partial charge in [0.1, 0.15) is 0 Å². The van der Waals surface area contributed by atoms with E-state index in [0.29, 0.717) is 18.0 Å². The molecule has 0 radical (unpaired) electrons. The molecule has 0 bridgehead atoms. The Bertz CT molecular complexity index is 555. The number of anilines is 1. The van der Waals surface area contributed by atoms with E-state index in [0.717, 1.165) is 5.69 Å². The minimum Gasteiger partial charge on any atom is -0.475 e. The summed E-state index contributed by atoms with van der Waals surface area (Å²) in [4.78, 5) is 10.9. The van der Waals surface area contributed by atoms with Crippen LogP contribution in [0.25, 0.3) is 0 Å². The summed E-state index contributed by atoms with van der Waals surface area (Å²) in [7, 11) is 0. The second-order valence-corrected chi connectivity index (χ2v) is 4.71. The lowest BCUT2D eigenvalue weighted by Crippen LogP contribution is -2.04. The van der Waals surface area contributed by atoms with Gasteiger partial charge in [-0.15, -0.1) is 0 Å². The third kappa shape index (κ3) is 3.16. The number of benzene rings is 1. The zero-order valence-corrected chi connectivity index (χ0v) is 11.0. The Morgan fingerprint density at radius 3 is 2.53 bits per heavy atom. The first-order valence-corrected chi connectivity index (χ1v) is 6.21. The normalized spacial score (nSPS) is 10.7. The Labute approximate surface area is 112 Å². The number of hydrogen-bond donors (Lipinski definition) is 2. The van der Waals surface area contributed by atoms with E-state index in [4.69, 9.17) is 9.52 Å². The number of carboxylic acids is 1. The highest BCUT2D eigenvalue weighted by Crippen LogP contribution is 2.18. The van der Waals surface area contributed by atoms with E-state index in [1.54, 1.807) is 6.07 Å². The summed E-state index contributed by atoms with van der Waals surface area (Å²) >= 11 is 0. The van der Waals surface area contributed by atoms with Gasteiger partial charge in [-0.1, -0.05) is 26.0 Å². The molecule has 4 heteroatoms. The molecule has 0 atom stereocenters. The van der Waals surface area contributed by atoms with Gasteiger partial charge in [-0.25, -0.2) is 4.79 Å². The summed E-state index contributed by atoms with van der Waals surface area (Å²) in [5, 5.41) is 12.1. The van der Waals surface area contributed by atoms with Crippen molar-refractivity contribution in [2.24, 2.45) is 0 Å². The van der Waals surface area contributed by atoms with Crippen LogP contribution in [-0.4, -0.2) is 11.1 Å². The summed E-state index contributed by atoms with van der Waals surface area (Å²) < 4.78 is 4.93. The molecule has 1 aromatic heterocycles. The zero-order valence-electron chi connectivity index (χ0n) is 11.0. The molecule has 0 aliphatic heterocycles. The van der Waals surface area contributed by atoms with Crippen molar-refractivity contribution >= 4 is 11.7 Å². The van der Waals surface area contributed by atoms with Crippen LogP contribution in [0, 0.1) is 0 Å². The average molecular weight is 259 g/mol. The minimum absolute atomic E-state index is 0.00806. The fourth-order valence-electron chi connectivity index (χ4n) is 1.85. The highest BCUT2D eigenvalue weighted by Gasteiger charge is 2.13. The largest absolute Gasteiger partial charge is 0.475 e. The van der Waals surface area contributed by atoms with Crippen molar-refractivity contribution in [1.82, 2.24) is 0 Å². The van der Waals surface area contributed by atoms with E-state index >= 15 is 0 Å². The van der Waals surface area contributed by atoms with E-state index in [9.17, 15) is 4.79 Å². The van der Waals surface area contributed by atoms with E-state index in [1.165, 1.54) is 11.8 Å². The van der Waals surface area contributed by atoms with Crippen molar-refractivity contribution in [2.75, 3.05) is 5.32 Å². The molecular weight excluding hydrogens is 242 g/mol. The van der Waals surface area contributed by atoms with Gasteiger partial charge < -0.3 is 14.8 Å². The van der Waals surface area contributed by atoms with Crippen molar-refractivity contribution in [1.29, 1.82) is 0 Å². The Balaban J connectivity index is 2.02. The molecule has 0 unspecified atom stereocenters. The maximum absolute atomic E-state index is 10.9. The molecule has 0 amide bonds. The quantitative estimate of drug-likeness (QED) is 0.859. The maximum atomic E-state index is 10.9. The van der Waals surface area contributed by atoms with Gasteiger partial charge in [-0.05, 0) is 29.7 Å². The second-order valence-electron chi connectivity index (χ2n) is 4.71. The van der Waals surface area contributed by atoms with Crippen LogP contribution in [-0.2, 0) is 6.54 Å². The van der Waals surface area contributed by atoms with Crippen LogP contribution in [0.1, 0.15) is 41.4 Å². The molecule has 4 nitrogen and oxygen atoms in total. The van der Waals surface area contributed by atoms with Crippen LogP contribution in [0.3, 0.4) is 0 Å². The van der Waals surface area contributed by atoms with Crippen LogP contribution in [0.15, 0.2) is 41.0 Å². The fourth-order valence-corrected chi connectivity index (χ4v) is 1.85. The third-order valence-corrected chi connectivity index (χ3v) is 3.00. The Morgan fingerprint density at radius 2 is 1.95 bits per heavy atom. The van der Waals surface area contributed by atoms with Gasteiger partial charge in [0.2, 0.25) is 5.76 Å². The van der Waals surface area contributed by atoms with Gasteiger partial charge in [0, 0.05) is 17.8 Å². The second kappa shape index (κ2) is 5.61. The molecule has 0 fully saturated rings. The molecule has 2 aromatic rings. The Kier molecular flexibility index (Phi) is 3.90. The highest BCUT2D eigenvalue weighted by molar-refractivity contribution is 5.86. The van der Waals surface area contributed by atoms with Crippen LogP contribution in [0.2, 0.25) is 0 Å². The van der Waals surface area contributed by atoms with Crippen LogP contribution in [0.5, 0.6) is 0 Å². The van der Waals surface area contributed by atoms with E-state index in [-0.39, 0.29) is 5.76 Å². The van der Waals surface area contributed by atoms with Crippen molar-refractivity contribution in [3.8, 4) is 0 Å². The van der Waals surface area contributed by atoms with Gasteiger partial charge >= 0.3 is 5.97 Å². The minimum atomic E-state index is -1.04. The Morgan fingerprint density at radius 1 is 1.26 bits per heavy atom. The molecule has 1 heterocycles. The van der Waals surface area contributed by atoms with Gasteiger partial charge in [-0.3, -0.25) is 0 Å². The average Bonchev–Trinajstić information content (AvgIpc) is 2.85. The fraction of sp³-hybridized carbons (Fsp3) is 0.267. The molecule has 0 saturated carbocycles. The first-order chi connectivity index (χ1) is 9.08. The smallest absolute Gasteiger partial charge is 0.372 e. The SMILES string of the molecule is CC(C)c1ccc(NCc2ccoc2C(=O)O)cc1. The highest BCUT2D eigenvalue weighted by atomic mass is 16.4. The lowest BCUT2D eigenvalue weighted by atomic mass is 10.0. The molecule has 0 saturated heterocycles. The van der Waals surface area contributed by atoms with Gasteiger partial charge in [0.15, 0.2) is 0 Å². The van der Waals surface area contributed by atoms with E-state index in [1.807, 2.05) is 12.1 Å². The molecule has 0 aliphatic rings. The van der Waals surface area contributed by atoms with Crippen molar-refractivity contribution in [3.63, 3.8) is 0 Å². The molecule has 0 spiro atoms. The lowest BCUT2D eigenvalue weighted by molar-refractivity contribution is 0.0661. The number of hydrogen-bond acceptors (Lipinski definition) is 3. The third-order valence-electron chi connectivity index (χ3n) is 3.00. The number of aromatic carboxylic acids is 1. The van der Waals surface area contributed by atoms with E-state index in [2.05, 4.69) is 31.3 Å². The topological polar surface area (TPSA) is 62.5 Å². The molecule has 19 heavy (non-hydrogen) atoms. The number of carbonyl (C=O) groups is 1. The number of carboxylic acid groups (broad SMARTS) is 1. The molecule has 2 rings (SSSR count). The van der Waals surface area contributed by atoms with Crippen LogP contribution >= 0.6 is 0 Å². The molecule has 1 aromatic carbocycles. The predicted molar refractivity (Wildman–Crippen MR) is 73.5 cm³/mol. The van der Waals surface area contributed by atoms with Gasteiger partial charge in [0.25, 0.3) is 0 Å². The lowest BCUT2D eigenvalue weighted by Gasteiger charge is -2.08. The maximum Gasteiger partial charge on any atom is 0.372 e. The number of nitrogens with one attached hydrogen (secondary N) is 1. The summed E-state index contributed by atoms with van der Waals surface area (Å²) in [5.74, 6) is -0.551. The first kappa shape index (κ1) is 13.2. The number of furan rings is 1. The first-order valence-electron chi connectivity index (χ1n) is 6.21. The summed E-state index contributed by atoms with van der Waals surface area (Å²) in [6, 6.07) is 9.80. The van der Waals surface area contributed by atoms with Crippen LogP contribution < -0.4 is 5.32 Å². The van der Waals surface area contributed by atoms with Gasteiger partial charge in [0.05, 0.1) is 6.26 Å². The van der Waals surface area contributed by atoms with Crippen molar-refractivity contribution < 1.29 is 14.3 Å². The zero-order chi connectivity index (χ0) is 13.8. The standard InChI is InChI=1S/C15H17NO3/c1-10(2)11-3-5-13(6-4-11)16-9-12-7-8-19-14(12)15(17)18/h3-8,10,16H,9H2,1-2H3,(H,17,18). The monoisotopic (exact) mass is 259 g/mol. The summed E-state index contributed by atoms with van der Waals surface area (Å²) in [6.45, 7) is 4.72.